The Morgan fingerprint density at radius 2 is 1.54 bits per heavy atom. The van der Waals surface area contributed by atoms with Crippen LogP contribution in [0.4, 0.5) is 11.6 Å². The highest BCUT2D eigenvalue weighted by Crippen LogP contribution is 2.39. The minimum Gasteiger partial charge on any atom is -0.367 e. The topological polar surface area (TPSA) is 49.6 Å². The first-order valence-corrected chi connectivity index (χ1v) is 9.46. The molecule has 5 rings (SSSR count). The summed E-state index contributed by atoms with van der Waals surface area (Å²) in [5.41, 5.74) is 5.63. The van der Waals surface area contributed by atoms with Crippen LogP contribution in [-0.4, -0.2) is 45.5 Å². The van der Waals surface area contributed by atoms with Gasteiger partial charge in [0, 0.05) is 55.9 Å². The van der Waals surface area contributed by atoms with Crippen molar-refractivity contribution in [1.29, 1.82) is 0 Å². The summed E-state index contributed by atoms with van der Waals surface area (Å²) in [5, 5.41) is 0. The lowest BCUT2D eigenvalue weighted by Crippen LogP contribution is -2.47. The number of hydrogen-bond donors (Lipinski definition) is 0. The van der Waals surface area contributed by atoms with Crippen molar-refractivity contribution in [3.05, 3.63) is 47.7 Å². The molecule has 26 heavy (non-hydrogen) atoms. The summed E-state index contributed by atoms with van der Waals surface area (Å²) in [4.78, 5) is 18.7. The van der Waals surface area contributed by atoms with E-state index in [1.807, 2.05) is 19.9 Å². The van der Waals surface area contributed by atoms with Gasteiger partial charge in [0.05, 0.1) is 11.4 Å². The highest BCUT2D eigenvalue weighted by molar-refractivity contribution is 5.54. The molecule has 3 aromatic rings. The van der Waals surface area contributed by atoms with Crippen LogP contribution in [0.1, 0.15) is 35.8 Å². The number of anilines is 2. The largest absolute Gasteiger partial charge is 0.367 e. The lowest BCUT2D eigenvalue weighted by Gasteiger charge is -2.36. The summed E-state index contributed by atoms with van der Waals surface area (Å²) in [6.45, 7) is 7.91. The van der Waals surface area contributed by atoms with E-state index in [1.54, 1.807) is 0 Å². The Labute approximate surface area is 153 Å². The Hall–Kier alpha value is -2.63. The van der Waals surface area contributed by atoms with Gasteiger partial charge in [-0.2, -0.15) is 0 Å². The average Bonchev–Trinajstić information content (AvgIpc) is 3.40. The van der Waals surface area contributed by atoms with Crippen molar-refractivity contribution in [2.45, 2.75) is 32.6 Å². The molecule has 3 aromatic heterocycles. The first kappa shape index (κ1) is 15.6. The highest BCUT2D eigenvalue weighted by Gasteiger charge is 2.26. The van der Waals surface area contributed by atoms with Gasteiger partial charge in [0.1, 0.15) is 5.65 Å². The van der Waals surface area contributed by atoms with Crippen molar-refractivity contribution >= 4 is 17.3 Å². The van der Waals surface area contributed by atoms with Gasteiger partial charge < -0.3 is 14.2 Å². The lowest BCUT2D eigenvalue weighted by molar-refractivity contribution is 0.637. The number of pyridine rings is 1. The zero-order chi connectivity index (χ0) is 17.7. The maximum Gasteiger partial charge on any atom is 0.225 e. The third kappa shape index (κ3) is 2.89. The summed E-state index contributed by atoms with van der Waals surface area (Å²) in [7, 11) is 0. The van der Waals surface area contributed by atoms with Gasteiger partial charge in [0.15, 0.2) is 0 Å². The molecule has 1 aliphatic heterocycles. The lowest BCUT2D eigenvalue weighted by atomic mass is 10.2. The molecule has 1 saturated heterocycles. The number of aromatic nitrogens is 4. The summed E-state index contributed by atoms with van der Waals surface area (Å²) >= 11 is 0. The fraction of sp³-hybridized carbons (Fsp3) is 0.450. The predicted octanol–water partition coefficient (Wildman–Crippen LogP) is 2.95. The van der Waals surface area contributed by atoms with E-state index in [-0.39, 0.29) is 0 Å². The van der Waals surface area contributed by atoms with E-state index in [4.69, 9.17) is 4.98 Å². The Morgan fingerprint density at radius 3 is 2.23 bits per heavy atom. The Morgan fingerprint density at radius 1 is 0.846 bits per heavy atom. The summed E-state index contributed by atoms with van der Waals surface area (Å²) in [6, 6.07) is 6.36. The molecule has 6 nitrogen and oxygen atoms in total. The van der Waals surface area contributed by atoms with Crippen LogP contribution in [0.15, 0.2) is 30.6 Å². The smallest absolute Gasteiger partial charge is 0.225 e. The molecular formula is C20H24N6. The van der Waals surface area contributed by atoms with E-state index in [0.29, 0.717) is 5.92 Å². The van der Waals surface area contributed by atoms with Crippen molar-refractivity contribution in [1.82, 2.24) is 19.4 Å². The van der Waals surface area contributed by atoms with Gasteiger partial charge in [0.25, 0.3) is 0 Å². The van der Waals surface area contributed by atoms with Gasteiger partial charge >= 0.3 is 0 Å². The molecule has 0 radical (unpaired) electrons. The van der Waals surface area contributed by atoms with Crippen molar-refractivity contribution < 1.29 is 0 Å². The van der Waals surface area contributed by atoms with Gasteiger partial charge in [-0.15, -0.1) is 0 Å². The molecule has 4 heterocycles. The number of aryl methyl sites for hydroxylation is 2. The van der Waals surface area contributed by atoms with Gasteiger partial charge in [0.2, 0.25) is 5.95 Å². The molecule has 0 atom stereocenters. The zero-order valence-electron chi connectivity index (χ0n) is 15.4. The van der Waals surface area contributed by atoms with Crippen LogP contribution in [-0.2, 0) is 0 Å². The molecule has 0 bridgehead atoms. The Balaban J connectivity index is 1.32. The molecule has 6 heteroatoms. The molecule has 0 N–H and O–H groups in total. The van der Waals surface area contributed by atoms with E-state index < -0.39 is 0 Å². The molecule has 0 amide bonds. The van der Waals surface area contributed by atoms with Crippen LogP contribution < -0.4 is 9.80 Å². The molecular weight excluding hydrogens is 324 g/mol. The van der Waals surface area contributed by atoms with Crippen molar-refractivity contribution in [2.75, 3.05) is 36.0 Å². The summed E-state index contributed by atoms with van der Waals surface area (Å²) in [5.74, 6) is 1.56. The standard InChI is InChI=1S/C20H24N6/c1-14-11-15(2)22-20(21-14)25-9-7-24(8-10-25)17-5-6-19-23-18(16-3-4-16)13-26(19)12-17/h5-6,11-13,16H,3-4,7-10H2,1-2H3. The normalized spacial score (nSPS) is 17.9. The number of nitrogens with zero attached hydrogens (tertiary/aromatic N) is 6. The van der Waals surface area contributed by atoms with Crippen LogP contribution in [0.2, 0.25) is 0 Å². The maximum atomic E-state index is 4.75. The van der Waals surface area contributed by atoms with Gasteiger partial charge in [-0.1, -0.05) is 0 Å². The highest BCUT2D eigenvalue weighted by atomic mass is 15.3. The quantitative estimate of drug-likeness (QED) is 0.728. The SMILES string of the molecule is Cc1cc(C)nc(N2CCN(c3ccc4nc(C5CC5)cn4c3)CC2)n1. The number of fused-ring (bicyclic) bond motifs is 1. The third-order valence-electron chi connectivity index (χ3n) is 5.35. The Kier molecular flexibility index (Phi) is 3.58. The second kappa shape index (κ2) is 5.97. The number of hydrogen-bond acceptors (Lipinski definition) is 5. The van der Waals surface area contributed by atoms with Crippen molar-refractivity contribution in [2.24, 2.45) is 0 Å². The number of rotatable bonds is 3. The average molecular weight is 348 g/mol. The Bertz CT molecular complexity index is 930. The van der Waals surface area contributed by atoms with E-state index in [2.05, 4.69) is 48.7 Å². The molecule has 0 aromatic carbocycles. The van der Waals surface area contributed by atoms with E-state index in [0.717, 1.165) is 49.2 Å². The molecule has 134 valence electrons. The molecule has 0 unspecified atom stereocenters. The fourth-order valence-corrected chi connectivity index (χ4v) is 3.78. The predicted molar refractivity (Wildman–Crippen MR) is 103 cm³/mol. The van der Waals surface area contributed by atoms with E-state index in [9.17, 15) is 0 Å². The van der Waals surface area contributed by atoms with Crippen LogP contribution >= 0.6 is 0 Å². The minimum absolute atomic E-state index is 0.694. The number of piperazine rings is 1. The first-order chi connectivity index (χ1) is 12.7. The van der Waals surface area contributed by atoms with Crippen LogP contribution in [0.3, 0.4) is 0 Å². The van der Waals surface area contributed by atoms with E-state index >= 15 is 0 Å². The number of imidazole rings is 1. The molecule has 1 aliphatic carbocycles. The van der Waals surface area contributed by atoms with E-state index in [1.165, 1.54) is 24.2 Å². The van der Waals surface area contributed by atoms with Gasteiger partial charge in [-0.25, -0.2) is 15.0 Å². The second-order valence-corrected chi connectivity index (χ2v) is 7.52. The summed E-state index contributed by atoms with van der Waals surface area (Å²) in [6.07, 6.45) is 7.01. The van der Waals surface area contributed by atoms with Crippen LogP contribution in [0.25, 0.3) is 5.65 Å². The minimum atomic E-state index is 0.694. The summed E-state index contributed by atoms with van der Waals surface area (Å²) < 4.78 is 2.18. The zero-order valence-corrected chi connectivity index (χ0v) is 15.4. The molecule has 2 aliphatic rings. The van der Waals surface area contributed by atoms with Crippen LogP contribution in [0, 0.1) is 13.8 Å². The van der Waals surface area contributed by atoms with Gasteiger partial charge in [-0.3, -0.25) is 0 Å². The van der Waals surface area contributed by atoms with Crippen molar-refractivity contribution in [3.8, 4) is 0 Å². The maximum absolute atomic E-state index is 4.75. The molecule has 2 fully saturated rings. The van der Waals surface area contributed by atoms with Crippen molar-refractivity contribution in [3.63, 3.8) is 0 Å². The van der Waals surface area contributed by atoms with Gasteiger partial charge in [-0.05, 0) is 44.9 Å². The second-order valence-electron chi connectivity index (χ2n) is 7.52. The molecule has 0 spiro atoms. The fourth-order valence-electron chi connectivity index (χ4n) is 3.78. The first-order valence-electron chi connectivity index (χ1n) is 9.46. The molecule has 1 saturated carbocycles. The monoisotopic (exact) mass is 348 g/mol. The van der Waals surface area contributed by atoms with Crippen LogP contribution in [0.5, 0.6) is 0 Å². The third-order valence-corrected chi connectivity index (χ3v) is 5.35.